The average molecular weight is 255 g/mol. The molecule has 0 heterocycles. The fourth-order valence-electron chi connectivity index (χ4n) is 2.08. The highest BCUT2D eigenvalue weighted by molar-refractivity contribution is 5.33. The minimum Gasteiger partial charge on any atom is -0.496 e. The summed E-state index contributed by atoms with van der Waals surface area (Å²) in [6.07, 6.45) is 1.09. The maximum atomic E-state index is 5.34. The van der Waals surface area contributed by atoms with Gasteiger partial charge in [0.15, 0.2) is 0 Å². The minimum atomic E-state index is 0.819. The van der Waals surface area contributed by atoms with Crippen molar-refractivity contribution >= 4 is 0 Å². The van der Waals surface area contributed by atoms with Gasteiger partial charge in [-0.05, 0) is 23.6 Å². The number of nitrogens with one attached hydrogen (secondary N) is 1. The van der Waals surface area contributed by atoms with Gasteiger partial charge in [0.25, 0.3) is 0 Å². The summed E-state index contributed by atoms with van der Waals surface area (Å²) >= 11 is 0. The van der Waals surface area contributed by atoms with Gasteiger partial charge in [-0.15, -0.1) is 0 Å². The van der Waals surface area contributed by atoms with Gasteiger partial charge in [0, 0.05) is 18.7 Å². The van der Waals surface area contributed by atoms with Gasteiger partial charge in [0.2, 0.25) is 0 Å². The number of rotatable bonds is 6. The molecule has 0 fully saturated rings. The van der Waals surface area contributed by atoms with Crippen molar-refractivity contribution in [3.05, 3.63) is 65.2 Å². The lowest BCUT2D eigenvalue weighted by molar-refractivity contribution is 0.407. The fourth-order valence-corrected chi connectivity index (χ4v) is 2.08. The van der Waals surface area contributed by atoms with E-state index < -0.39 is 0 Å². The maximum Gasteiger partial charge on any atom is 0.123 e. The van der Waals surface area contributed by atoms with E-state index in [1.165, 1.54) is 16.7 Å². The number of hydrogen-bond donors (Lipinski definition) is 1. The molecular weight excluding hydrogens is 234 g/mol. The molecule has 0 aromatic heterocycles. The van der Waals surface area contributed by atoms with Crippen molar-refractivity contribution in [2.75, 3.05) is 7.11 Å². The van der Waals surface area contributed by atoms with Crippen molar-refractivity contribution in [2.45, 2.75) is 26.4 Å². The number of benzene rings is 2. The summed E-state index contributed by atoms with van der Waals surface area (Å²) in [6.45, 7) is 3.87. The topological polar surface area (TPSA) is 21.3 Å². The molecule has 0 aliphatic carbocycles. The van der Waals surface area contributed by atoms with Crippen LogP contribution in [0.1, 0.15) is 23.6 Å². The van der Waals surface area contributed by atoms with Crippen molar-refractivity contribution in [3.63, 3.8) is 0 Å². The lowest BCUT2D eigenvalue weighted by Crippen LogP contribution is -2.13. The fraction of sp³-hybridized carbons (Fsp3) is 0.294. The number of hydrogen-bond acceptors (Lipinski definition) is 2. The van der Waals surface area contributed by atoms with Gasteiger partial charge in [-0.3, -0.25) is 0 Å². The molecule has 2 nitrogen and oxygen atoms in total. The molecule has 2 heteroatoms. The van der Waals surface area contributed by atoms with Gasteiger partial charge in [-0.25, -0.2) is 0 Å². The summed E-state index contributed by atoms with van der Waals surface area (Å²) in [4.78, 5) is 0. The van der Waals surface area contributed by atoms with Crippen molar-refractivity contribution in [1.82, 2.24) is 5.32 Å². The third-order valence-corrected chi connectivity index (χ3v) is 3.27. The third-order valence-electron chi connectivity index (χ3n) is 3.27. The van der Waals surface area contributed by atoms with Gasteiger partial charge in [-0.1, -0.05) is 49.4 Å². The molecule has 100 valence electrons. The molecule has 19 heavy (non-hydrogen) atoms. The number of ether oxygens (including phenoxy) is 1. The number of para-hydroxylation sites is 1. The summed E-state index contributed by atoms with van der Waals surface area (Å²) in [5.74, 6) is 0.941. The Morgan fingerprint density at radius 2 is 1.58 bits per heavy atom. The molecule has 2 aromatic rings. The van der Waals surface area contributed by atoms with Crippen LogP contribution in [0, 0.1) is 0 Å². The minimum absolute atomic E-state index is 0.819. The summed E-state index contributed by atoms with van der Waals surface area (Å²) in [5.41, 5.74) is 3.88. The highest BCUT2D eigenvalue weighted by atomic mass is 16.5. The van der Waals surface area contributed by atoms with E-state index in [0.29, 0.717) is 0 Å². The predicted octanol–water partition coefficient (Wildman–Crippen LogP) is 3.55. The molecule has 0 aliphatic rings. The zero-order valence-corrected chi connectivity index (χ0v) is 11.6. The SMILES string of the molecule is CCc1ccc(CNCc2ccccc2OC)cc1. The van der Waals surface area contributed by atoms with E-state index in [4.69, 9.17) is 4.74 Å². The molecule has 2 aromatic carbocycles. The smallest absolute Gasteiger partial charge is 0.123 e. The Morgan fingerprint density at radius 3 is 2.26 bits per heavy atom. The van der Waals surface area contributed by atoms with E-state index >= 15 is 0 Å². The Hall–Kier alpha value is -1.80. The van der Waals surface area contributed by atoms with E-state index in [-0.39, 0.29) is 0 Å². The lowest BCUT2D eigenvalue weighted by atomic mass is 10.1. The maximum absolute atomic E-state index is 5.34. The Balaban J connectivity index is 1.88. The lowest BCUT2D eigenvalue weighted by Gasteiger charge is -2.09. The van der Waals surface area contributed by atoms with E-state index in [2.05, 4.69) is 42.6 Å². The third kappa shape index (κ3) is 3.83. The Bertz CT molecular complexity index is 505. The first-order chi connectivity index (χ1) is 9.33. The van der Waals surface area contributed by atoms with Crippen molar-refractivity contribution in [1.29, 1.82) is 0 Å². The Kier molecular flexibility index (Phi) is 4.99. The quantitative estimate of drug-likeness (QED) is 0.852. The van der Waals surface area contributed by atoms with Crippen LogP contribution in [0.2, 0.25) is 0 Å². The van der Waals surface area contributed by atoms with Crippen molar-refractivity contribution < 1.29 is 4.74 Å². The van der Waals surface area contributed by atoms with Crippen LogP contribution in [0.25, 0.3) is 0 Å². The van der Waals surface area contributed by atoms with Gasteiger partial charge in [-0.2, -0.15) is 0 Å². The zero-order valence-electron chi connectivity index (χ0n) is 11.6. The summed E-state index contributed by atoms with van der Waals surface area (Å²) < 4.78 is 5.34. The molecule has 2 rings (SSSR count). The van der Waals surface area contributed by atoms with Crippen LogP contribution in [0.5, 0.6) is 5.75 Å². The molecule has 0 saturated heterocycles. The monoisotopic (exact) mass is 255 g/mol. The first-order valence-corrected chi connectivity index (χ1v) is 6.74. The highest BCUT2D eigenvalue weighted by Gasteiger charge is 2.00. The van der Waals surface area contributed by atoms with Crippen LogP contribution in [-0.4, -0.2) is 7.11 Å². The molecule has 0 bridgehead atoms. The van der Waals surface area contributed by atoms with Crippen LogP contribution >= 0.6 is 0 Å². The molecule has 0 amide bonds. The second-order valence-electron chi connectivity index (χ2n) is 4.59. The van der Waals surface area contributed by atoms with Crippen LogP contribution in [0.15, 0.2) is 48.5 Å². The molecule has 0 aliphatic heterocycles. The van der Waals surface area contributed by atoms with Crippen molar-refractivity contribution in [3.8, 4) is 5.75 Å². The average Bonchev–Trinajstić information content (AvgIpc) is 2.48. The largest absolute Gasteiger partial charge is 0.496 e. The standard InChI is InChI=1S/C17H21NO/c1-3-14-8-10-15(11-9-14)12-18-13-16-6-4-5-7-17(16)19-2/h4-11,18H,3,12-13H2,1-2H3. The van der Waals surface area contributed by atoms with Gasteiger partial charge >= 0.3 is 0 Å². The summed E-state index contributed by atoms with van der Waals surface area (Å²) in [5, 5.41) is 3.45. The molecule has 0 radical (unpaired) electrons. The summed E-state index contributed by atoms with van der Waals surface area (Å²) in [7, 11) is 1.71. The van der Waals surface area contributed by atoms with E-state index in [1.807, 2.05) is 18.2 Å². The normalized spacial score (nSPS) is 10.4. The van der Waals surface area contributed by atoms with Gasteiger partial charge in [0.1, 0.15) is 5.75 Å². The number of methoxy groups -OCH3 is 1. The predicted molar refractivity (Wildman–Crippen MR) is 79.4 cm³/mol. The van der Waals surface area contributed by atoms with E-state index in [0.717, 1.165) is 25.3 Å². The second-order valence-corrected chi connectivity index (χ2v) is 4.59. The van der Waals surface area contributed by atoms with Crippen LogP contribution < -0.4 is 10.1 Å². The Morgan fingerprint density at radius 1 is 0.895 bits per heavy atom. The van der Waals surface area contributed by atoms with Crippen LogP contribution in [0.4, 0.5) is 0 Å². The Labute approximate surface area is 115 Å². The first-order valence-electron chi connectivity index (χ1n) is 6.74. The van der Waals surface area contributed by atoms with Gasteiger partial charge in [0.05, 0.1) is 7.11 Å². The molecule has 0 unspecified atom stereocenters. The summed E-state index contributed by atoms with van der Waals surface area (Å²) in [6, 6.07) is 16.9. The highest BCUT2D eigenvalue weighted by Crippen LogP contribution is 2.16. The molecule has 0 atom stereocenters. The molecule has 0 saturated carbocycles. The van der Waals surface area contributed by atoms with Crippen LogP contribution in [-0.2, 0) is 19.5 Å². The second kappa shape index (κ2) is 6.95. The zero-order chi connectivity index (χ0) is 13.5. The number of aryl methyl sites for hydroxylation is 1. The van der Waals surface area contributed by atoms with Gasteiger partial charge < -0.3 is 10.1 Å². The van der Waals surface area contributed by atoms with Crippen LogP contribution in [0.3, 0.4) is 0 Å². The first kappa shape index (κ1) is 13.6. The van der Waals surface area contributed by atoms with Crippen molar-refractivity contribution in [2.24, 2.45) is 0 Å². The van der Waals surface area contributed by atoms with E-state index in [1.54, 1.807) is 7.11 Å². The van der Waals surface area contributed by atoms with E-state index in [9.17, 15) is 0 Å². The molecule has 0 spiro atoms. The molecular formula is C17H21NO. The molecule has 1 N–H and O–H groups in total.